The van der Waals surface area contributed by atoms with E-state index in [0.29, 0.717) is 11.3 Å². The van der Waals surface area contributed by atoms with Gasteiger partial charge in [-0.15, -0.1) is 0 Å². The van der Waals surface area contributed by atoms with E-state index in [4.69, 9.17) is 5.41 Å². The molecule has 0 aromatic carbocycles. The second kappa shape index (κ2) is 3.65. The van der Waals surface area contributed by atoms with Crippen LogP contribution in [0.5, 0.6) is 0 Å². The van der Waals surface area contributed by atoms with Crippen molar-refractivity contribution in [3.8, 4) is 0 Å². The Morgan fingerprint density at radius 2 is 1.93 bits per heavy atom. The highest BCUT2D eigenvalue weighted by molar-refractivity contribution is 5.84. The standard InChI is InChI=1S/C12H25N2/c1-12(2)7-6-11(13)10(8-12)9-14(3,4)5/h10,13H,6-9H2,1-5H3/q+1. The van der Waals surface area contributed by atoms with Gasteiger partial charge in [-0.25, -0.2) is 0 Å². The molecule has 0 heterocycles. The first-order valence-corrected chi connectivity index (χ1v) is 5.57. The largest absolute Gasteiger partial charge is 0.330 e. The summed E-state index contributed by atoms with van der Waals surface area (Å²) in [6.45, 7) is 5.78. The number of hydrogen-bond donors (Lipinski definition) is 1. The van der Waals surface area contributed by atoms with Crippen LogP contribution in [0.2, 0.25) is 0 Å². The van der Waals surface area contributed by atoms with E-state index in [9.17, 15) is 0 Å². The molecule has 1 unspecified atom stereocenters. The summed E-state index contributed by atoms with van der Waals surface area (Å²) in [5, 5.41) is 7.99. The molecule has 82 valence electrons. The van der Waals surface area contributed by atoms with E-state index in [1.807, 2.05) is 0 Å². The van der Waals surface area contributed by atoms with Gasteiger partial charge in [0.1, 0.15) is 0 Å². The van der Waals surface area contributed by atoms with Gasteiger partial charge in [0.2, 0.25) is 0 Å². The Morgan fingerprint density at radius 3 is 2.43 bits per heavy atom. The van der Waals surface area contributed by atoms with Crippen LogP contribution in [0.15, 0.2) is 0 Å². The van der Waals surface area contributed by atoms with Crippen molar-refractivity contribution in [2.45, 2.75) is 33.1 Å². The normalized spacial score (nSPS) is 27.8. The van der Waals surface area contributed by atoms with Crippen LogP contribution in [-0.4, -0.2) is 37.9 Å². The van der Waals surface area contributed by atoms with Gasteiger partial charge in [-0.3, -0.25) is 0 Å². The molecule has 1 atom stereocenters. The fourth-order valence-electron chi connectivity index (χ4n) is 2.41. The van der Waals surface area contributed by atoms with E-state index in [1.165, 1.54) is 12.8 Å². The summed E-state index contributed by atoms with van der Waals surface area (Å²) in [7, 11) is 6.65. The van der Waals surface area contributed by atoms with Gasteiger partial charge < -0.3 is 9.89 Å². The molecule has 1 aliphatic carbocycles. The molecule has 14 heavy (non-hydrogen) atoms. The Kier molecular flexibility index (Phi) is 3.05. The first-order valence-electron chi connectivity index (χ1n) is 5.57. The van der Waals surface area contributed by atoms with E-state index >= 15 is 0 Å². The van der Waals surface area contributed by atoms with Crippen LogP contribution < -0.4 is 0 Å². The summed E-state index contributed by atoms with van der Waals surface area (Å²) in [4.78, 5) is 0. The third-order valence-corrected chi connectivity index (χ3v) is 3.13. The molecular formula is C12H25N2+. The fraction of sp³-hybridized carbons (Fsp3) is 0.917. The molecule has 0 saturated heterocycles. The van der Waals surface area contributed by atoms with Crippen molar-refractivity contribution < 1.29 is 4.48 Å². The van der Waals surface area contributed by atoms with Crippen molar-refractivity contribution >= 4 is 5.71 Å². The molecule has 0 amide bonds. The maximum absolute atomic E-state index is 7.99. The Morgan fingerprint density at radius 1 is 1.36 bits per heavy atom. The summed E-state index contributed by atoms with van der Waals surface area (Å²) < 4.78 is 0.975. The predicted octanol–water partition coefficient (Wildman–Crippen LogP) is 2.54. The molecule has 1 saturated carbocycles. The number of nitrogens with zero attached hydrogens (tertiary/aromatic N) is 1. The van der Waals surface area contributed by atoms with Crippen LogP contribution in [0, 0.1) is 16.7 Å². The Labute approximate surface area is 88.4 Å². The highest BCUT2D eigenvalue weighted by atomic mass is 15.3. The predicted molar refractivity (Wildman–Crippen MR) is 61.7 cm³/mol. The number of quaternary nitrogens is 1. The molecule has 1 fully saturated rings. The van der Waals surface area contributed by atoms with Crippen molar-refractivity contribution in [3.63, 3.8) is 0 Å². The molecular weight excluding hydrogens is 172 g/mol. The Bertz CT molecular complexity index is 221. The molecule has 0 aromatic rings. The average molecular weight is 197 g/mol. The maximum Gasteiger partial charge on any atom is 0.0862 e. The van der Waals surface area contributed by atoms with E-state index < -0.39 is 0 Å². The molecule has 1 N–H and O–H groups in total. The molecule has 1 rings (SSSR count). The smallest absolute Gasteiger partial charge is 0.0862 e. The zero-order valence-electron chi connectivity index (χ0n) is 10.4. The van der Waals surface area contributed by atoms with Crippen molar-refractivity contribution in [2.24, 2.45) is 11.3 Å². The first-order chi connectivity index (χ1) is 6.20. The van der Waals surface area contributed by atoms with Gasteiger partial charge in [0, 0.05) is 11.6 Å². The van der Waals surface area contributed by atoms with Crippen LogP contribution in [-0.2, 0) is 0 Å². The van der Waals surface area contributed by atoms with Crippen molar-refractivity contribution in [3.05, 3.63) is 0 Å². The quantitative estimate of drug-likeness (QED) is 0.658. The van der Waals surface area contributed by atoms with Crippen LogP contribution in [0.25, 0.3) is 0 Å². The summed E-state index contributed by atoms with van der Waals surface area (Å²) in [5.41, 5.74) is 1.43. The van der Waals surface area contributed by atoms with E-state index in [0.717, 1.165) is 23.2 Å². The van der Waals surface area contributed by atoms with Gasteiger partial charge >= 0.3 is 0 Å². The maximum atomic E-state index is 7.99. The van der Waals surface area contributed by atoms with Crippen LogP contribution in [0.1, 0.15) is 33.1 Å². The average Bonchev–Trinajstić information content (AvgIpc) is 1.93. The number of nitrogens with one attached hydrogen (secondary N) is 1. The van der Waals surface area contributed by atoms with Gasteiger partial charge in [-0.05, 0) is 24.7 Å². The molecule has 1 aliphatic rings. The highest BCUT2D eigenvalue weighted by Crippen LogP contribution is 2.37. The van der Waals surface area contributed by atoms with Gasteiger partial charge in [0.15, 0.2) is 0 Å². The molecule has 0 aromatic heterocycles. The van der Waals surface area contributed by atoms with Crippen LogP contribution >= 0.6 is 0 Å². The summed E-state index contributed by atoms with van der Waals surface area (Å²) in [6, 6.07) is 0. The second-order valence-corrected chi connectivity index (χ2v) is 6.56. The zero-order chi connectivity index (χ0) is 11.0. The van der Waals surface area contributed by atoms with Gasteiger partial charge in [-0.1, -0.05) is 13.8 Å². The lowest BCUT2D eigenvalue weighted by atomic mass is 9.71. The minimum Gasteiger partial charge on any atom is -0.330 e. The van der Waals surface area contributed by atoms with E-state index in [-0.39, 0.29) is 0 Å². The van der Waals surface area contributed by atoms with Crippen LogP contribution in [0.4, 0.5) is 0 Å². The molecule has 0 aliphatic heterocycles. The second-order valence-electron chi connectivity index (χ2n) is 6.56. The van der Waals surface area contributed by atoms with Gasteiger partial charge in [0.05, 0.1) is 27.7 Å². The third kappa shape index (κ3) is 3.41. The fourth-order valence-corrected chi connectivity index (χ4v) is 2.41. The monoisotopic (exact) mass is 197 g/mol. The van der Waals surface area contributed by atoms with Crippen molar-refractivity contribution in [1.29, 1.82) is 5.41 Å². The van der Waals surface area contributed by atoms with Gasteiger partial charge in [-0.2, -0.15) is 0 Å². The highest BCUT2D eigenvalue weighted by Gasteiger charge is 2.34. The molecule has 0 spiro atoms. The summed E-state index contributed by atoms with van der Waals surface area (Å²) in [6.07, 6.45) is 3.40. The SMILES string of the molecule is CC1(C)CCC(=N)C(C[N+](C)(C)C)C1. The molecule has 0 radical (unpaired) electrons. The van der Waals surface area contributed by atoms with E-state index in [1.54, 1.807) is 0 Å². The van der Waals surface area contributed by atoms with Gasteiger partial charge in [0.25, 0.3) is 0 Å². The van der Waals surface area contributed by atoms with Crippen molar-refractivity contribution in [2.75, 3.05) is 27.7 Å². The van der Waals surface area contributed by atoms with E-state index in [2.05, 4.69) is 35.0 Å². The lowest BCUT2D eigenvalue weighted by Gasteiger charge is -2.38. The molecule has 0 bridgehead atoms. The summed E-state index contributed by atoms with van der Waals surface area (Å²) in [5.74, 6) is 0.513. The minimum atomic E-state index is 0.449. The number of rotatable bonds is 2. The Hall–Kier alpha value is -0.370. The van der Waals surface area contributed by atoms with Crippen LogP contribution in [0.3, 0.4) is 0 Å². The first kappa shape index (κ1) is 11.7. The summed E-state index contributed by atoms with van der Waals surface area (Å²) >= 11 is 0. The van der Waals surface area contributed by atoms with Crippen molar-refractivity contribution in [1.82, 2.24) is 0 Å². The molecule has 2 heteroatoms. The lowest BCUT2D eigenvalue weighted by molar-refractivity contribution is -0.872. The topological polar surface area (TPSA) is 23.9 Å². The Balaban J connectivity index is 2.62. The lowest BCUT2D eigenvalue weighted by Crippen LogP contribution is -2.44. The zero-order valence-corrected chi connectivity index (χ0v) is 10.4. The minimum absolute atomic E-state index is 0.449. The third-order valence-electron chi connectivity index (χ3n) is 3.13. The number of hydrogen-bond acceptors (Lipinski definition) is 1. The molecule has 2 nitrogen and oxygen atoms in total.